The van der Waals surface area contributed by atoms with Crippen molar-refractivity contribution in [1.82, 2.24) is 10.2 Å². The third-order valence-corrected chi connectivity index (χ3v) is 2.85. The van der Waals surface area contributed by atoms with E-state index in [1.54, 1.807) is 0 Å². The van der Waals surface area contributed by atoms with Gasteiger partial charge in [-0.3, -0.25) is 9.69 Å². The SMILES string of the molecule is CCCCCCC(=O)N1CCNCC1(O)O. The molecule has 1 aliphatic rings. The van der Waals surface area contributed by atoms with E-state index in [9.17, 15) is 15.0 Å². The quantitative estimate of drug-likeness (QED) is 0.460. The van der Waals surface area contributed by atoms with Crippen LogP contribution in [0.5, 0.6) is 0 Å². The summed E-state index contributed by atoms with van der Waals surface area (Å²) < 4.78 is 0. The zero-order chi connectivity index (χ0) is 12.0. The zero-order valence-corrected chi connectivity index (χ0v) is 9.91. The first-order valence-corrected chi connectivity index (χ1v) is 6.04. The molecule has 16 heavy (non-hydrogen) atoms. The molecule has 0 saturated carbocycles. The molecule has 0 aromatic rings. The molecule has 1 fully saturated rings. The summed E-state index contributed by atoms with van der Waals surface area (Å²) in [5, 5.41) is 22.1. The van der Waals surface area contributed by atoms with E-state index in [-0.39, 0.29) is 12.5 Å². The lowest BCUT2D eigenvalue weighted by Crippen LogP contribution is -2.63. The van der Waals surface area contributed by atoms with Gasteiger partial charge in [-0.25, -0.2) is 0 Å². The molecular weight excluding hydrogens is 208 g/mol. The van der Waals surface area contributed by atoms with Gasteiger partial charge in [0.15, 0.2) is 0 Å². The molecule has 1 rings (SSSR count). The number of carbonyl (C=O) groups is 1. The number of nitrogens with one attached hydrogen (secondary N) is 1. The highest BCUT2D eigenvalue weighted by Crippen LogP contribution is 2.14. The second kappa shape index (κ2) is 6.18. The third kappa shape index (κ3) is 3.73. The highest BCUT2D eigenvalue weighted by molar-refractivity contribution is 5.76. The summed E-state index contributed by atoms with van der Waals surface area (Å²) in [6.45, 7) is 3.11. The number of amides is 1. The van der Waals surface area contributed by atoms with Gasteiger partial charge in [-0.2, -0.15) is 0 Å². The molecule has 5 heteroatoms. The van der Waals surface area contributed by atoms with Crippen molar-refractivity contribution >= 4 is 5.91 Å². The van der Waals surface area contributed by atoms with Crippen LogP contribution in [0.4, 0.5) is 0 Å². The van der Waals surface area contributed by atoms with Crippen molar-refractivity contribution in [3.63, 3.8) is 0 Å². The van der Waals surface area contributed by atoms with Gasteiger partial charge in [0.05, 0.1) is 6.54 Å². The Morgan fingerprint density at radius 2 is 2.12 bits per heavy atom. The van der Waals surface area contributed by atoms with Crippen LogP contribution in [-0.2, 0) is 4.79 Å². The molecule has 5 nitrogen and oxygen atoms in total. The van der Waals surface area contributed by atoms with Crippen molar-refractivity contribution in [3.8, 4) is 0 Å². The lowest BCUT2D eigenvalue weighted by atomic mass is 10.1. The minimum absolute atomic E-state index is 0.0215. The first kappa shape index (κ1) is 13.4. The Kier molecular flexibility index (Phi) is 5.18. The van der Waals surface area contributed by atoms with E-state index in [1.165, 1.54) is 0 Å². The predicted octanol–water partition coefficient (Wildman–Crippen LogP) is 0.0270. The average Bonchev–Trinajstić information content (AvgIpc) is 2.23. The lowest BCUT2D eigenvalue weighted by Gasteiger charge is -2.39. The molecule has 0 radical (unpaired) electrons. The van der Waals surface area contributed by atoms with Crippen LogP contribution in [0.2, 0.25) is 0 Å². The number of unbranched alkanes of at least 4 members (excludes halogenated alkanes) is 3. The van der Waals surface area contributed by atoms with E-state index in [1.807, 2.05) is 0 Å². The van der Waals surface area contributed by atoms with E-state index in [2.05, 4.69) is 12.2 Å². The van der Waals surface area contributed by atoms with Gasteiger partial charge in [0.2, 0.25) is 5.91 Å². The molecule has 94 valence electrons. The first-order chi connectivity index (χ1) is 7.58. The van der Waals surface area contributed by atoms with Gasteiger partial charge in [0, 0.05) is 19.5 Å². The molecule has 0 atom stereocenters. The van der Waals surface area contributed by atoms with Gasteiger partial charge in [-0.15, -0.1) is 0 Å². The summed E-state index contributed by atoms with van der Waals surface area (Å²) in [6.07, 6.45) is 4.51. The molecule has 0 spiro atoms. The topological polar surface area (TPSA) is 72.8 Å². The van der Waals surface area contributed by atoms with E-state index in [4.69, 9.17) is 0 Å². The van der Waals surface area contributed by atoms with Crippen LogP contribution in [0.25, 0.3) is 0 Å². The van der Waals surface area contributed by atoms with Crippen molar-refractivity contribution in [2.75, 3.05) is 19.6 Å². The van der Waals surface area contributed by atoms with E-state index < -0.39 is 5.91 Å². The Hall–Kier alpha value is -0.650. The first-order valence-electron chi connectivity index (χ1n) is 6.04. The molecule has 0 bridgehead atoms. The molecule has 0 aromatic heterocycles. The molecule has 3 N–H and O–H groups in total. The monoisotopic (exact) mass is 230 g/mol. The summed E-state index contributed by atoms with van der Waals surface area (Å²) in [5.41, 5.74) is 0. The molecule has 1 amide bonds. The fourth-order valence-electron chi connectivity index (χ4n) is 1.88. The van der Waals surface area contributed by atoms with Crippen LogP contribution in [0, 0.1) is 0 Å². The number of hydrogen-bond donors (Lipinski definition) is 3. The average molecular weight is 230 g/mol. The fraction of sp³-hybridized carbons (Fsp3) is 0.909. The summed E-state index contributed by atoms with van der Waals surface area (Å²) in [4.78, 5) is 12.9. The summed E-state index contributed by atoms with van der Waals surface area (Å²) in [5.74, 6) is -2.18. The minimum Gasteiger partial charge on any atom is -0.348 e. The summed E-state index contributed by atoms with van der Waals surface area (Å²) >= 11 is 0. The Bertz CT molecular complexity index is 231. The van der Waals surface area contributed by atoms with Crippen molar-refractivity contribution < 1.29 is 15.0 Å². The van der Waals surface area contributed by atoms with Gasteiger partial charge < -0.3 is 15.5 Å². The summed E-state index contributed by atoms with van der Waals surface area (Å²) in [6, 6.07) is 0. The van der Waals surface area contributed by atoms with E-state index >= 15 is 0 Å². The van der Waals surface area contributed by atoms with E-state index in [0.717, 1.165) is 30.6 Å². The summed E-state index contributed by atoms with van der Waals surface area (Å²) in [7, 11) is 0. The molecular formula is C11H22N2O3. The maximum atomic E-state index is 11.8. The number of β-amino-alcohol motifs (C(OH)–C–C–N with tert-alkyl or cyclic N) is 2. The molecule has 1 heterocycles. The number of piperazine rings is 1. The van der Waals surface area contributed by atoms with Crippen LogP contribution in [0.15, 0.2) is 0 Å². The van der Waals surface area contributed by atoms with Crippen LogP contribution < -0.4 is 5.32 Å². The van der Waals surface area contributed by atoms with Crippen molar-refractivity contribution in [3.05, 3.63) is 0 Å². The largest absolute Gasteiger partial charge is 0.348 e. The Balaban J connectivity index is 2.34. The molecule has 0 unspecified atom stereocenters. The number of rotatable bonds is 5. The van der Waals surface area contributed by atoms with Crippen LogP contribution in [-0.4, -0.2) is 46.6 Å². The smallest absolute Gasteiger partial charge is 0.262 e. The molecule has 1 aliphatic heterocycles. The Morgan fingerprint density at radius 1 is 1.38 bits per heavy atom. The maximum absolute atomic E-state index is 11.8. The van der Waals surface area contributed by atoms with Crippen molar-refractivity contribution in [2.45, 2.75) is 44.9 Å². The highest BCUT2D eigenvalue weighted by Gasteiger charge is 2.37. The van der Waals surface area contributed by atoms with Gasteiger partial charge in [-0.1, -0.05) is 26.2 Å². The standard InChI is InChI=1S/C11H22N2O3/c1-2-3-4-5-6-10(14)13-8-7-12-9-11(13,15)16/h12,15-16H,2-9H2,1H3. The molecule has 1 saturated heterocycles. The number of carbonyl (C=O) groups excluding carboxylic acids is 1. The minimum atomic E-state index is -2.01. The second-order valence-electron chi connectivity index (χ2n) is 4.31. The maximum Gasteiger partial charge on any atom is 0.262 e. The number of aliphatic hydroxyl groups is 2. The van der Waals surface area contributed by atoms with E-state index in [0.29, 0.717) is 19.5 Å². The number of hydrogen-bond acceptors (Lipinski definition) is 4. The lowest BCUT2D eigenvalue weighted by molar-refractivity contribution is -0.261. The third-order valence-electron chi connectivity index (χ3n) is 2.85. The molecule has 0 aliphatic carbocycles. The van der Waals surface area contributed by atoms with Gasteiger partial charge in [0.25, 0.3) is 5.91 Å². The normalized spacial score (nSPS) is 19.8. The van der Waals surface area contributed by atoms with Crippen LogP contribution >= 0.6 is 0 Å². The number of nitrogens with zero attached hydrogens (tertiary/aromatic N) is 1. The second-order valence-corrected chi connectivity index (χ2v) is 4.31. The Morgan fingerprint density at radius 3 is 2.75 bits per heavy atom. The highest BCUT2D eigenvalue weighted by atomic mass is 16.5. The predicted molar refractivity (Wildman–Crippen MR) is 60.5 cm³/mol. The fourth-order valence-corrected chi connectivity index (χ4v) is 1.88. The van der Waals surface area contributed by atoms with Gasteiger partial charge in [-0.05, 0) is 6.42 Å². The van der Waals surface area contributed by atoms with Crippen molar-refractivity contribution in [1.29, 1.82) is 0 Å². The zero-order valence-electron chi connectivity index (χ0n) is 9.91. The van der Waals surface area contributed by atoms with Gasteiger partial charge >= 0.3 is 0 Å². The molecule has 0 aromatic carbocycles. The van der Waals surface area contributed by atoms with Crippen molar-refractivity contribution in [2.24, 2.45) is 0 Å². The van der Waals surface area contributed by atoms with Crippen LogP contribution in [0.3, 0.4) is 0 Å². The Labute approximate surface area is 96.4 Å². The van der Waals surface area contributed by atoms with Gasteiger partial charge in [0.1, 0.15) is 0 Å². The van der Waals surface area contributed by atoms with Crippen LogP contribution in [0.1, 0.15) is 39.0 Å².